The van der Waals surface area contributed by atoms with Crippen LogP contribution in [0.3, 0.4) is 0 Å². The maximum absolute atomic E-state index is 14.0. The molecule has 18 heteroatoms. The Bertz CT molecular complexity index is 1460. The van der Waals surface area contributed by atoms with E-state index in [0.29, 0.717) is 32.1 Å². The lowest BCUT2D eigenvalue weighted by molar-refractivity contribution is -0.138. The molecule has 0 aromatic heterocycles. The molecule has 0 saturated heterocycles. The molecule has 1 aliphatic heterocycles. The van der Waals surface area contributed by atoms with Crippen LogP contribution in [0.2, 0.25) is 0 Å². The number of hydrogen-bond acceptors (Lipinski definition) is 10. The number of amides is 8. The monoisotopic (exact) mass is 808 g/mol. The minimum absolute atomic E-state index is 0.0721. The van der Waals surface area contributed by atoms with Crippen molar-refractivity contribution in [3.05, 3.63) is 12.2 Å². The van der Waals surface area contributed by atoms with Gasteiger partial charge in [-0.2, -0.15) is 0 Å². The average Bonchev–Trinajstić information content (AvgIpc) is 3.13. The summed E-state index contributed by atoms with van der Waals surface area (Å²) in [6.45, 7) is 14.7. The van der Waals surface area contributed by atoms with Crippen molar-refractivity contribution < 1.29 is 43.5 Å². The van der Waals surface area contributed by atoms with Crippen molar-refractivity contribution in [1.29, 1.82) is 0 Å². The van der Waals surface area contributed by atoms with Gasteiger partial charge in [-0.15, -0.1) is 0 Å². The topological polar surface area (TPSA) is 293 Å². The maximum Gasteiger partial charge on any atom is 0.246 e. The molecule has 0 aliphatic carbocycles. The van der Waals surface area contributed by atoms with Gasteiger partial charge in [0.1, 0.15) is 41.3 Å². The molecule has 12 N–H and O–H groups in total. The Morgan fingerprint density at radius 1 is 0.877 bits per heavy atom. The molecular weight excluding hydrogens is 738 g/mol. The quantitative estimate of drug-likeness (QED) is 0.107. The molecule has 9 unspecified atom stereocenters. The summed E-state index contributed by atoms with van der Waals surface area (Å²) in [6, 6.07) is -6.27. The molecule has 18 nitrogen and oxygen atoms in total. The van der Waals surface area contributed by atoms with Gasteiger partial charge in [0.25, 0.3) is 0 Å². The van der Waals surface area contributed by atoms with Gasteiger partial charge in [-0.05, 0) is 98.8 Å². The Morgan fingerprint density at radius 3 is 2.00 bits per heavy atom. The van der Waals surface area contributed by atoms with Crippen molar-refractivity contribution in [2.45, 2.75) is 180 Å². The third-order valence-corrected chi connectivity index (χ3v) is 10.2. The number of nitrogens with two attached hydrogens (primary N) is 2. The fourth-order valence-corrected chi connectivity index (χ4v) is 6.05. The summed E-state index contributed by atoms with van der Waals surface area (Å²) in [6.07, 6.45) is 5.01. The first-order chi connectivity index (χ1) is 26.5. The van der Waals surface area contributed by atoms with Crippen molar-refractivity contribution in [2.75, 3.05) is 0 Å². The predicted molar refractivity (Wildman–Crippen MR) is 214 cm³/mol. The molecule has 324 valence electrons. The van der Waals surface area contributed by atoms with Gasteiger partial charge in [0.2, 0.25) is 47.3 Å². The number of aliphatic hydroxyl groups excluding tert-OH is 1. The smallest absolute Gasteiger partial charge is 0.246 e. The van der Waals surface area contributed by atoms with Crippen LogP contribution in [0.5, 0.6) is 0 Å². The minimum atomic E-state index is -1.65. The van der Waals surface area contributed by atoms with Crippen LogP contribution in [0, 0.1) is 5.92 Å². The second kappa shape index (κ2) is 23.6. The van der Waals surface area contributed by atoms with E-state index in [9.17, 15) is 43.5 Å². The molecule has 0 saturated carbocycles. The lowest BCUT2D eigenvalue weighted by Crippen LogP contribution is -2.64. The number of nitrogens with one attached hydrogen (secondary N) is 7. The van der Waals surface area contributed by atoms with E-state index in [1.54, 1.807) is 20.8 Å². The minimum Gasteiger partial charge on any atom is -0.391 e. The van der Waals surface area contributed by atoms with Crippen LogP contribution in [0.25, 0.3) is 0 Å². The highest BCUT2D eigenvalue weighted by Gasteiger charge is 2.40. The standard InChI is InChI=1S/C39H69N9O9/c1-10-23(5)30-35(55)44-26(11-2)32(52)47-38(8,36(56)42-22(3)4)20-16-14-12-13-15-17-21-39(9,37(57)43-24(6)31(51)46-30)48-33(53)27(18-19-28(40)50)45-34(54)29(41)25(7)49/h12-13,22-27,29-30,49H,10-11,14-21,41H2,1-9H3,(H2,40,50)(H,42,56)(H,43,57)(H,44,55)(H,45,54)(H,46,51)(H,47,52)(H,48,53)/b13-12+. The van der Waals surface area contributed by atoms with Gasteiger partial charge >= 0.3 is 0 Å². The van der Waals surface area contributed by atoms with Crippen LogP contribution in [-0.4, -0.2) is 106 Å². The van der Waals surface area contributed by atoms with Gasteiger partial charge in [0.05, 0.1) is 6.10 Å². The molecule has 1 rings (SSSR count). The first-order valence-electron chi connectivity index (χ1n) is 20.1. The molecule has 0 aromatic carbocycles. The fourth-order valence-electron chi connectivity index (χ4n) is 6.05. The van der Waals surface area contributed by atoms with E-state index in [0.717, 1.165) is 0 Å². The molecule has 0 aromatic rings. The lowest BCUT2D eigenvalue weighted by atomic mass is 9.91. The molecule has 8 amide bonds. The molecule has 0 spiro atoms. The largest absolute Gasteiger partial charge is 0.391 e. The van der Waals surface area contributed by atoms with Crippen LogP contribution in [-0.2, 0) is 38.4 Å². The van der Waals surface area contributed by atoms with Crippen LogP contribution in [0.15, 0.2) is 12.2 Å². The van der Waals surface area contributed by atoms with E-state index in [1.807, 2.05) is 32.9 Å². The second-order valence-corrected chi connectivity index (χ2v) is 15.9. The van der Waals surface area contributed by atoms with Crippen molar-refractivity contribution in [3.63, 3.8) is 0 Å². The van der Waals surface area contributed by atoms with E-state index >= 15 is 0 Å². The van der Waals surface area contributed by atoms with Crippen LogP contribution < -0.4 is 48.7 Å². The van der Waals surface area contributed by atoms with Crippen LogP contribution in [0.1, 0.15) is 127 Å². The first-order valence-corrected chi connectivity index (χ1v) is 20.1. The molecular formula is C39H69N9O9. The molecule has 0 bridgehead atoms. The van der Waals surface area contributed by atoms with Crippen molar-refractivity contribution in [1.82, 2.24) is 37.2 Å². The van der Waals surface area contributed by atoms with Crippen LogP contribution in [0.4, 0.5) is 0 Å². The first kappa shape index (κ1) is 50.4. The number of primary amides is 1. The van der Waals surface area contributed by atoms with Gasteiger partial charge in [-0.3, -0.25) is 38.4 Å². The fraction of sp³-hybridized carbons (Fsp3) is 0.744. The van der Waals surface area contributed by atoms with Gasteiger partial charge in [0, 0.05) is 12.5 Å². The summed E-state index contributed by atoms with van der Waals surface area (Å²) in [5.74, 6) is -5.81. The maximum atomic E-state index is 14.0. The highest BCUT2D eigenvalue weighted by atomic mass is 16.3. The Hall–Kier alpha value is -4.58. The van der Waals surface area contributed by atoms with Gasteiger partial charge < -0.3 is 53.8 Å². The predicted octanol–water partition coefficient (Wildman–Crippen LogP) is -0.440. The Balaban J connectivity index is 3.59. The number of aliphatic hydroxyl groups is 1. The number of carbonyl (C=O) groups excluding carboxylic acids is 8. The van der Waals surface area contributed by atoms with Crippen molar-refractivity contribution in [2.24, 2.45) is 17.4 Å². The van der Waals surface area contributed by atoms with Gasteiger partial charge in [0.15, 0.2) is 0 Å². The van der Waals surface area contributed by atoms with Crippen LogP contribution >= 0.6 is 0 Å². The second-order valence-electron chi connectivity index (χ2n) is 15.9. The molecule has 9 atom stereocenters. The lowest BCUT2D eigenvalue weighted by Gasteiger charge is -2.33. The number of rotatable bonds is 13. The Labute approximate surface area is 337 Å². The third kappa shape index (κ3) is 16.4. The van der Waals surface area contributed by atoms with E-state index in [2.05, 4.69) is 37.2 Å². The zero-order valence-corrected chi connectivity index (χ0v) is 35.2. The zero-order chi connectivity index (χ0) is 43.7. The summed E-state index contributed by atoms with van der Waals surface area (Å²) in [7, 11) is 0. The number of allylic oxidation sites excluding steroid dienone is 2. The third-order valence-electron chi connectivity index (χ3n) is 10.2. The molecule has 1 aliphatic rings. The number of carbonyl (C=O) groups is 8. The van der Waals surface area contributed by atoms with Gasteiger partial charge in [-0.25, -0.2) is 0 Å². The zero-order valence-electron chi connectivity index (χ0n) is 35.2. The highest BCUT2D eigenvalue weighted by molar-refractivity contribution is 5.99. The number of hydrogen-bond donors (Lipinski definition) is 10. The summed E-state index contributed by atoms with van der Waals surface area (Å²) in [5, 5.41) is 28.8. The van der Waals surface area contributed by atoms with E-state index in [1.165, 1.54) is 20.8 Å². The molecule has 57 heavy (non-hydrogen) atoms. The van der Waals surface area contributed by atoms with Gasteiger partial charge in [-0.1, -0.05) is 39.3 Å². The normalized spacial score (nSPS) is 27.4. The highest BCUT2D eigenvalue weighted by Crippen LogP contribution is 2.19. The SMILES string of the molecule is CCC1NC(=O)C(C(C)CC)NC(=O)C(C)NC(=O)C(C)(NC(=O)C(CCC(N)=O)NC(=O)C(N)C(C)O)CCC/C=C/CCCC(C)(C(=O)NC(C)C)NC1=O. The Morgan fingerprint density at radius 2 is 1.47 bits per heavy atom. The average molecular weight is 808 g/mol. The van der Waals surface area contributed by atoms with E-state index < -0.39 is 94.7 Å². The summed E-state index contributed by atoms with van der Waals surface area (Å²) < 4.78 is 0. The van der Waals surface area contributed by atoms with Crippen molar-refractivity contribution in [3.8, 4) is 0 Å². The molecule has 1 heterocycles. The Kier molecular flexibility index (Phi) is 20.9. The van der Waals surface area contributed by atoms with E-state index in [-0.39, 0.29) is 44.1 Å². The molecule has 0 fully saturated rings. The summed E-state index contributed by atoms with van der Waals surface area (Å²) >= 11 is 0. The summed E-state index contributed by atoms with van der Waals surface area (Å²) in [5.41, 5.74) is 8.13. The molecule has 0 radical (unpaired) electrons. The van der Waals surface area contributed by atoms with Crippen molar-refractivity contribution >= 4 is 47.3 Å². The summed E-state index contributed by atoms with van der Waals surface area (Å²) in [4.78, 5) is 106. The van der Waals surface area contributed by atoms with E-state index in [4.69, 9.17) is 11.5 Å².